The van der Waals surface area contributed by atoms with Crippen LogP contribution in [0.5, 0.6) is 0 Å². The van der Waals surface area contributed by atoms with E-state index in [9.17, 15) is 0 Å². The average Bonchev–Trinajstić information content (AvgIpc) is 1.69. The smallest absolute Gasteiger partial charge is 0.0177 e. The van der Waals surface area contributed by atoms with Crippen LogP contribution < -0.4 is 0 Å². The summed E-state index contributed by atoms with van der Waals surface area (Å²) < 4.78 is 0. The molecule has 0 aliphatic carbocycles. The lowest BCUT2D eigenvalue weighted by atomic mass is 10.4. The standard InChI is InChI=1S/C6H9N/c1-2-3-4-5-6-7/h2-7H,1H3/b3-2-,5-4-,7-6?. The summed E-state index contributed by atoms with van der Waals surface area (Å²) in [6.07, 6.45) is 8.53. The van der Waals surface area contributed by atoms with Crippen molar-refractivity contribution in [1.82, 2.24) is 0 Å². The molecule has 0 radical (unpaired) electrons. The van der Waals surface area contributed by atoms with E-state index in [1.165, 1.54) is 6.21 Å². The van der Waals surface area contributed by atoms with E-state index in [1.54, 1.807) is 6.08 Å². The SMILES string of the molecule is C/C=C\C=C/C=N. The average molecular weight is 95.1 g/mol. The minimum Gasteiger partial charge on any atom is -0.309 e. The van der Waals surface area contributed by atoms with Crippen LogP contribution in [-0.2, 0) is 0 Å². The molecule has 0 unspecified atom stereocenters. The molecule has 0 heterocycles. The van der Waals surface area contributed by atoms with Gasteiger partial charge in [0.25, 0.3) is 0 Å². The molecule has 0 bridgehead atoms. The summed E-state index contributed by atoms with van der Waals surface area (Å²) in [5.41, 5.74) is 0. The molecule has 0 spiro atoms. The minimum atomic E-state index is 1.25. The molecule has 1 heteroatoms. The number of rotatable bonds is 2. The highest BCUT2D eigenvalue weighted by atomic mass is 14.3. The van der Waals surface area contributed by atoms with E-state index in [0.29, 0.717) is 0 Å². The molecule has 1 N–H and O–H groups in total. The van der Waals surface area contributed by atoms with E-state index in [-0.39, 0.29) is 0 Å². The first-order valence-electron chi connectivity index (χ1n) is 2.20. The van der Waals surface area contributed by atoms with Crippen LogP contribution in [0.3, 0.4) is 0 Å². The van der Waals surface area contributed by atoms with Gasteiger partial charge in [0.1, 0.15) is 0 Å². The Hall–Kier alpha value is -0.850. The Morgan fingerprint density at radius 3 is 2.29 bits per heavy atom. The normalized spacial score (nSPS) is 11.0. The van der Waals surface area contributed by atoms with Crippen molar-refractivity contribution in [3.63, 3.8) is 0 Å². The molecule has 7 heavy (non-hydrogen) atoms. The molecule has 0 aliphatic heterocycles. The van der Waals surface area contributed by atoms with Gasteiger partial charge in [-0.25, -0.2) is 0 Å². The largest absolute Gasteiger partial charge is 0.309 e. The first-order chi connectivity index (χ1) is 3.41. The molecule has 0 atom stereocenters. The second-order valence-corrected chi connectivity index (χ2v) is 1.08. The maximum atomic E-state index is 6.54. The Kier molecular flexibility index (Phi) is 4.52. The highest BCUT2D eigenvalue weighted by Crippen LogP contribution is 1.70. The highest BCUT2D eigenvalue weighted by molar-refractivity contribution is 5.67. The van der Waals surface area contributed by atoms with Gasteiger partial charge in [-0.05, 0) is 13.0 Å². The third-order valence-corrected chi connectivity index (χ3v) is 0.511. The van der Waals surface area contributed by atoms with Crippen molar-refractivity contribution in [3.8, 4) is 0 Å². The molecule has 38 valence electrons. The minimum absolute atomic E-state index is 1.25. The maximum Gasteiger partial charge on any atom is 0.0177 e. The fourth-order valence-corrected chi connectivity index (χ4v) is 0.231. The zero-order valence-electron chi connectivity index (χ0n) is 4.39. The number of allylic oxidation sites excluding steroid dienone is 4. The molecular weight excluding hydrogens is 86.1 g/mol. The van der Waals surface area contributed by atoms with Gasteiger partial charge in [0, 0.05) is 6.21 Å². The summed E-state index contributed by atoms with van der Waals surface area (Å²) in [6, 6.07) is 0. The third kappa shape index (κ3) is 5.15. The topological polar surface area (TPSA) is 23.9 Å². The van der Waals surface area contributed by atoms with Crippen LogP contribution in [-0.4, -0.2) is 6.21 Å². The molecule has 0 amide bonds. The Balaban J connectivity index is 3.27. The fraction of sp³-hybridized carbons (Fsp3) is 0.167. The summed E-state index contributed by atoms with van der Waals surface area (Å²) in [5, 5.41) is 6.54. The van der Waals surface area contributed by atoms with Gasteiger partial charge < -0.3 is 5.41 Å². The molecule has 1 nitrogen and oxygen atoms in total. The highest BCUT2D eigenvalue weighted by Gasteiger charge is 1.53. The van der Waals surface area contributed by atoms with Gasteiger partial charge in [0.15, 0.2) is 0 Å². The lowest BCUT2D eigenvalue weighted by Crippen LogP contribution is -1.52. The maximum absolute atomic E-state index is 6.54. The summed E-state index contributed by atoms with van der Waals surface area (Å²) >= 11 is 0. The lowest BCUT2D eigenvalue weighted by molar-refractivity contribution is 1.58. The lowest BCUT2D eigenvalue weighted by Gasteiger charge is -1.64. The van der Waals surface area contributed by atoms with Gasteiger partial charge >= 0.3 is 0 Å². The van der Waals surface area contributed by atoms with Crippen molar-refractivity contribution in [3.05, 3.63) is 24.3 Å². The monoisotopic (exact) mass is 95.1 g/mol. The van der Waals surface area contributed by atoms with Crippen molar-refractivity contribution in [2.75, 3.05) is 0 Å². The summed E-state index contributed by atoms with van der Waals surface area (Å²) in [7, 11) is 0. The number of hydrogen-bond donors (Lipinski definition) is 1. The molecule has 0 saturated carbocycles. The first kappa shape index (κ1) is 6.15. The van der Waals surface area contributed by atoms with Crippen LogP contribution in [0.1, 0.15) is 6.92 Å². The van der Waals surface area contributed by atoms with Crippen LogP contribution in [0.25, 0.3) is 0 Å². The Morgan fingerprint density at radius 2 is 1.86 bits per heavy atom. The number of nitrogens with one attached hydrogen (secondary N) is 1. The predicted molar refractivity (Wildman–Crippen MR) is 32.7 cm³/mol. The Morgan fingerprint density at radius 1 is 1.14 bits per heavy atom. The van der Waals surface area contributed by atoms with Crippen molar-refractivity contribution in [2.45, 2.75) is 6.92 Å². The first-order valence-corrected chi connectivity index (χ1v) is 2.20. The zero-order valence-corrected chi connectivity index (χ0v) is 4.39. The quantitative estimate of drug-likeness (QED) is 0.399. The van der Waals surface area contributed by atoms with Crippen LogP contribution in [0.4, 0.5) is 0 Å². The Labute approximate surface area is 43.9 Å². The van der Waals surface area contributed by atoms with E-state index in [0.717, 1.165) is 0 Å². The van der Waals surface area contributed by atoms with E-state index in [2.05, 4.69) is 0 Å². The molecule has 0 aromatic heterocycles. The van der Waals surface area contributed by atoms with Crippen molar-refractivity contribution < 1.29 is 0 Å². The third-order valence-electron chi connectivity index (χ3n) is 0.511. The van der Waals surface area contributed by atoms with Gasteiger partial charge in [0.2, 0.25) is 0 Å². The van der Waals surface area contributed by atoms with Gasteiger partial charge in [-0.3, -0.25) is 0 Å². The molecule has 0 aliphatic rings. The second-order valence-electron chi connectivity index (χ2n) is 1.08. The van der Waals surface area contributed by atoms with Gasteiger partial charge in [0.05, 0.1) is 0 Å². The fourth-order valence-electron chi connectivity index (χ4n) is 0.231. The number of hydrogen-bond acceptors (Lipinski definition) is 1. The van der Waals surface area contributed by atoms with Gasteiger partial charge in [-0.1, -0.05) is 18.2 Å². The van der Waals surface area contributed by atoms with Gasteiger partial charge in [-0.2, -0.15) is 0 Å². The van der Waals surface area contributed by atoms with Crippen LogP contribution in [0, 0.1) is 5.41 Å². The van der Waals surface area contributed by atoms with E-state index in [1.807, 2.05) is 25.2 Å². The molecule has 0 aromatic carbocycles. The molecule has 0 aromatic rings. The molecule has 0 fully saturated rings. The van der Waals surface area contributed by atoms with Crippen LogP contribution in [0.15, 0.2) is 24.3 Å². The zero-order chi connectivity index (χ0) is 5.54. The van der Waals surface area contributed by atoms with Crippen LogP contribution >= 0.6 is 0 Å². The van der Waals surface area contributed by atoms with E-state index >= 15 is 0 Å². The molecule has 0 saturated heterocycles. The van der Waals surface area contributed by atoms with Crippen molar-refractivity contribution in [2.24, 2.45) is 0 Å². The second kappa shape index (κ2) is 5.15. The van der Waals surface area contributed by atoms with Crippen molar-refractivity contribution >= 4 is 6.21 Å². The molecule has 0 rings (SSSR count). The van der Waals surface area contributed by atoms with Gasteiger partial charge in [-0.15, -0.1) is 0 Å². The van der Waals surface area contributed by atoms with E-state index < -0.39 is 0 Å². The summed E-state index contributed by atoms with van der Waals surface area (Å²) in [4.78, 5) is 0. The summed E-state index contributed by atoms with van der Waals surface area (Å²) in [5.74, 6) is 0. The summed E-state index contributed by atoms with van der Waals surface area (Å²) in [6.45, 7) is 1.94. The molecular formula is C6H9N. The van der Waals surface area contributed by atoms with Crippen molar-refractivity contribution in [1.29, 1.82) is 5.41 Å². The van der Waals surface area contributed by atoms with Crippen LogP contribution in [0.2, 0.25) is 0 Å². The van der Waals surface area contributed by atoms with E-state index in [4.69, 9.17) is 5.41 Å². The Bertz CT molecular complexity index is 90.4. The predicted octanol–water partition coefficient (Wildman–Crippen LogP) is 1.77.